The van der Waals surface area contributed by atoms with E-state index >= 15 is 0 Å². The SMILES string of the molecule is CCCCc1ccc(N=c2ssc3c2-c2ccc(C)cc2NC3(C)C)cc1. The van der Waals surface area contributed by atoms with Crippen molar-refractivity contribution in [3.05, 3.63) is 63.1 Å². The number of unbranched alkanes of at least 4 members (excludes halogenated alkanes) is 1. The molecule has 2 heterocycles. The summed E-state index contributed by atoms with van der Waals surface area (Å²) in [6.45, 7) is 8.89. The number of rotatable bonds is 4. The van der Waals surface area contributed by atoms with Crippen molar-refractivity contribution in [2.45, 2.75) is 52.5 Å². The number of benzene rings is 2. The van der Waals surface area contributed by atoms with Crippen LogP contribution in [0.4, 0.5) is 11.4 Å². The summed E-state index contributed by atoms with van der Waals surface area (Å²) in [7, 11) is 3.63. The number of hydrogen-bond donors (Lipinski definition) is 1. The van der Waals surface area contributed by atoms with E-state index in [1.807, 2.05) is 10.3 Å². The van der Waals surface area contributed by atoms with Crippen LogP contribution in [0, 0.1) is 6.92 Å². The second-order valence-corrected chi connectivity index (χ2v) is 9.99. The lowest BCUT2D eigenvalue weighted by Crippen LogP contribution is -2.31. The summed E-state index contributed by atoms with van der Waals surface area (Å²) < 4.78 is 1.12. The highest BCUT2D eigenvalue weighted by Crippen LogP contribution is 2.45. The standard InChI is InChI=1S/C23H26N2S2/c1-5-6-7-16-9-11-17(12-10-16)24-22-20-18-13-8-15(2)14-19(18)25-23(3,4)21(20)26-27-22/h8-14,25H,5-7H2,1-4H3. The fourth-order valence-electron chi connectivity index (χ4n) is 3.60. The summed E-state index contributed by atoms with van der Waals surface area (Å²) in [5, 5.41) is 3.71. The van der Waals surface area contributed by atoms with Crippen LogP contribution in [0.5, 0.6) is 0 Å². The van der Waals surface area contributed by atoms with Crippen LogP contribution in [-0.4, -0.2) is 0 Å². The minimum Gasteiger partial charge on any atom is -0.375 e. The number of nitrogens with one attached hydrogen (secondary N) is 1. The van der Waals surface area contributed by atoms with Gasteiger partial charge in [0.2, 0.25) is 0 Å². The lowest BCUT2D eigenvalue weighted by atomic mass is 9.89. The Balaban J connectivity index is 1.79. The predicted molar refractivity (Wildman–Crippen MR) is 119 cm³/mol. The molecule has 0 amide bonds. The first-order valence-corrected chi connectivity index (χ1v) is 11.8. The molecule has 0 saturated heterocycles. The van der Waals surface area contributed by atoms with Crippen LogP contribution in [0.2, 0.25) is 0 Å². The zero-order valence-electron chi connectivity index (χ0n) is 16.4. The van der Waals surface area contributed by atoms with Crippen LogP contribution in [0.3, 0.4) is 0 Å². The van der Waals surface area contributed by atoms with E-state index in [2.05, 4.69) is 75.5 Å². The van der Waals surface area contributed by atoms with Crippen LogP contribution >= 0.6 is 20.7 Å². The first-order chi connectivity index (χ1) is 13.0. The monoisotopic (exact) mass is 394 g/mol. The molecule has 0 saturated carbocycles. The first-order valence-electron chi connectivity index (χ1n) is 9.64. The van der Waals surface area contributed by atoms with Gasteiger partial charge in [0.15, 0.2) is 0 Å². The van der Waals surface area contributed by atoms with Crippen molar-refractivity contribution >= 4 is 32.1 Å². The molecule has 1 aromatic heterocycles. The summed E-state index contributed by atoms with van der Waals surface area (Å²) in [5.41, 5.74) is 7.43. The van der Waals surface area contributed by atoms with Gasteiger partial charge in [-0.1, -0.05) is 58.3 Å². The van der Waals surface area contributed by atoms with Crippen molar-refractivity contribution < 1.29 is 0 Å². The maximum atomic E-state index is 5.02. The number of anilines is 1. The van der Waals surface area contributed by atoms with Crippen molar-refractivity contribution in [3.8, 4) is 11.1 Å². The third-order valence-electron chi connectivity index (χ3n) is 5.09. The van der Waals surface area contributed by atoms with E-state index in [-0.39, 0.29) is 5.54 Å². The molecule has 0 bridgehead atoms. The zero-order chi connectivity index (χ0) is 19.0. The molecule has 3 aromatic rings. The summed E-state index contributed by atoms with van der Waals surface area (Å²) in [6.07, 6.45) is 3.63. The molecule has 2 aromatic carbocycles. The zero-order valence-corrected chi connectivity index (χ0v) is 18.1. The Labute approximate surface area is 169 Å². The maximum Gasteiger partial charge on any atom is 0.135 e. The molecule has 1 aliphatic heterocycles. The van der Waals surface area contributed by atoms with Gasteiger partial charge in [0.1, 0.15) is 4.67 Å². The minimum atomic E-state index is -0.0743. The van der Waals surface area contributed by atoms with Gasteiger partial charge in [0.25, 0.3) is 0 Å². The molecule has 0 fully saturated rings. The Morgan fingerprint density at radius 1 is 1.04 bits per heavy atom. The van der Waals surface area contributed by atoms with Gasteiger partial charge in [-0.2, -0.15) is 0 Å². The van der Waals surface area contributed by atoms with Crippen LogP contribution < -0.4 is 9.99 Å². The van der Waals surface area contributed by atoms with Gasteiger partial charge in [-0.05, 0) is 62.9 Å². The van der Waals surface area contributed by atoms with Crippen molar-refractivity contribution in [2.24, 2.45) is 4.99 Å². The molecule has 0 unspecified atom stereocenters. The molecule has 1 N–H and O–H groups in total. The predicted octanol–water partition coefficient (Wildman–Crippen LogP) is 7.02. The highest BCUT2D eigenvalue weighted by Gasteiger charge is 2.33. The molecule has 0 spiro atoms. The number of hydrogen-bond acceptors (Lipinski definition) is 4. The second-order valence-electron chi connectivity index (χ2n) is 7.86. The van der Waals surface area contributed by atoms with E-state index in [4.69, 9.17) is 4.99 Å². The first kappa shape index (κ1) is 18.5. The van der Waals surface area contributed by atoms with Crippen molar-refractivity contribution in [1.29, 1.82) is 0 Å². The van der Waals surface area contributed by atoms with Crippen molar-refractivity contribution in [3.63, 3.8) is 0 Å². The Morgan fingerprint density at radius 3 is 2.56 bits per heavy atom. The molecule has 2 nitrogen and oxygen atoms in total. The van der Waals surface area contributed by atoms with Gasteiger partial charge in [-0.25, -0.2) is 4.99 Å². The number of fused-ring (bicyclic) bond motifs is 3. The Bertz CT molecular complexity index is 1020. The minimum absolute atomic E-state index is 0.0743. The largest absolute Gasteiger partial charge is 0.375 e. The fraction of sp³-hybridized carbons (Fsp3) is 0.348. The molecule has 0 atom stereocenters. The quantitative estimate of drug-likeness (QED) is 0.472. The van der Waals surface area contributed by atoms with E-state index in [1.54, 1.807) is 10.3 Å². The number of aryl methyl sites for hydroxylation is 2. The van der Waals surface area contributed by atoms with E-state index in [0.29, 0.717) is 0 Å². The Kier molecular flexibility index (Phi) is 4.95. The van der Waals surface area contributed by atoms with Crippen LogP contribution in [-0.2, 0) is 12.0 Å². The average molecular weight is 395 g/mol. The van der Waals surface area contributed by atoms with Crippen LogP contribution in [0.15, 0.2) is 47.5 Å². The highest BCUT2D eigenvalue weighted by atomic mass is 32.9. The van der Waals surface area contributed by atoms with Crippen molar-refractivity contribution in [1.82, 2.24) is 0 Å². The second kappa shape index (κ2) is 7.25. The Morgan fingerprint density at radius 2 is 1.81 bits per heavy atom. The summed E-state index contributed by atoms with van der Waals surface area (Å²) in [6, 6.07) is 15.4. The maximum absolute atomic E-state index is 5.02. The van der Waals surface area contributed by atoms with Gasteiger partial charge >= 0.3 is 0 Å². The van der Waals surface area contributed by atoms with Crippen LogP contribution in [0.25, 0.3) is 11.1 Å². The molecule has 4 rings (SSSR count). The third kappa shape index (κ3) is 3.61. The summed E-state index contributed by atoms with van der Waals surface area (Å²) in [5.74, 6) is 0. The molecule has 27 heavy (non-hydrogen) atoms. The average Bonchev–Trinajstić information content (AvgIpc) is 3.05. The molecule has 140 valence electrons. The van der Waals surface area contributed by atoms with Crippen LogP contribution in [0.1, 0.15) is 49.6 Å². The van der Waals surface area contributed by atoms with E-state index in [9.17, 15) is 0 Å². The lowest BCUT2D eigenvalue weighted by molar-refractivity contribution is 0.619. The molecular formula is C23H26N2S2. The van der Waals surface area contributed by atoms with Gasteiger partial charge < -0.3 is 5.32 Å². The van der Waals surface area contributed by atoms with E-state index in [1.165, 1.54) is 45.7 Å². The van der Waals surface area contributed by atoms with Gasteiger partial charge in [0.05, 0.1) is 16.1 Å². The van der Waals surface area contributed by atoms with Gasteiger partial charge in [-0.15, -0.1) is 0 Å². The third-order valence-corrected chi connectivity index (χ3v) is 7.73. The summed E-state index contributed by atoms with van der Waals surface area (Å²) >= 11 is 0. The van der Waals surface area contributed by atoms with Gasteiger partial charge in [-0.3, -0.25) is 0 Å². The summed E-state index contributed by atoms with van der Waals surface area (Å²) in [4.78, 5) is 6.40. The van der Waals surface area contributed by atoms with Gasteiger partial charge in [0, 0.05) is 16.8 Å². The number of nitrogens with zero attached hydrogens (tertiary/aromatic N) is 1. The fourth-order valence-corrected chi connectivity index (χ4v) is 6.54. The molecular weight excluding hydrogens is 368 g/mol. The van der Waals surface area contributed by atoms with E-state index in [0.717, 1.165) is 16.8 Å². The Hall–Kier alpha value is -1.91. The van der Waals surface area contributed by atoms with E-state index < -0.39 is 0 Å². The highest BCUT2D eigenvalue weighted by molar-refractivity contribution is 7.68. The molecule has 1 aliphatic rings. The molecule has 4 heteroatoms. The smallest absolute Gasteiger partial charge is 0.135 e. The normalized spacial score (nSPS) is 15.2. The topological polar surface area (TPSA) is 24.4 Å². The van der Waals surface area contributed by atoms with Crippen molar-refractivity contribution in [2.75, 3.05) is 5.32 Å². The molecule has 0 radical (unpaired) electrons. The molecule has 0 aliphatic carbocycles. The lowest BCUT2D eigenvalue weighted by Gasteiger charge is -2.33.